The number of benzene rings is 1. The number of halogens is 1. The molecule has 1 aliphatic rings. The second-order valence-electron chi connectivity index (χ2n) is 5.88. The van der Waals surface area contributed by atoms with E-state index in [-0.39, 0.29) is 31.2 Å². The number of anilines is 1. The lowest BCUT2D eigenvalue weighted by Crippen LogP contribution is -2.47. The number of ether oxygens (including phenoxy) is 2. The summed E-state index contributed by atoms with van der Waals surface area (Å²) < 4.78 is 23.0. The average Bonchev–Trinajstić information content (AvgIpc) is 2.60. The number of carbonyl (C=O) groups is 2. The largest absolute Gasteiger partial charge is 0.466 e. The smallest absolute Gasteiger partial charge is 0.313 e. The topological polar surface area (TPSA) is 59.1 Å². The van der Waals surface area contributed by atoms with Crippen LogP contribution in [0.5, 0.6) is 0 Å². The van der Waals surface area contributed by atoms with Crippen molar-refractivity contribution in [3.05, 3.63) is 30.1 Å². The van der Waals surface area contributed by atoms with E-state index in [1.54, 1.807) is 19.1 Å². The summed E-state index contributed by atoms with van der Waals surface area (Å²) in [6.07, 6.45) is -0.232. The first-order chi connectivity index (χ1) is 12.1. The zero-order chi connectivity index (χ0) is 18.1. The second kappa shape index (κ2) is 10.1. The lowest BCUT2D eigenvalue weighted by molar-refractivity contribution is -0.146. The Morgan fingerprint density at radius 3 is 2.44 bits per heavy atom. The van der Waals surface area contributed by atoms with E-state index in [4.69, 9.17) is 9.47 Å². The fourth-order valence-corrected chi connectivity index (χ4v) is 2.69. The Hall–Kier alpha value is -1.99. The van der Waals surface area contributed by atoms with Crippen molar-refractivity contribution in [2.75, 3.05) is 57.4 Å². The molecule has 0 radical (unpaired) electrons. The van der Waals surface area contributed by atoms with Crippen LogP contribution in [-0.2, 0) is 19.1 Å². The highest BCUT2D eigenvalue weighted by Gasteiger charge is 2.17. The molecule has 6 nitrogen and oxygen atoms in total. The van der Waals surface area contributed by atoms with E-state index >= 15 is 0 Å². The molecule has 25 heavy (non-hydrogen) atoms. The molecule has 7 heteroatoms. The van der Waals surface area contributed by atoms with Gasteiger partial charge in [-0.05, 0) is 31.2 Å². The number of Topliss-reactive ketones (excluding diaryl/α,β-unsaturated/α-hetero) is 1. The fourth-order valence-electron chi connectivity index (χ4n) is 2.69. The number of esters is 1. The van der Waals surface area contributed by atoms with E-state index in [0.29, 0.717) is 6.61 Å². The number of rotatable bonds is 9. The van der Waals surface area contributed by atoms with Crippen LogP contribution in [0, 0.1) is 5.82 Å². The van der Waals surface area contributed by atoms with E-state index in [2.05, 4.69) is 9.80 Å². The Labute approximate surface area is 147 Å². The molecule has 0 N–H and O–H groups in total. The first kappa shape index (κ1) is 19.3. The van der Waals surface area contributed by atoms with Crippen LogP contribution in [0.1, 0.15) is 13.3 Å². The predicted molar refractivity (Wildman–Crippen MR) is 92.1 cm³/mol. The third-order valence-corrected chi connectivity index (χ3v) is 4.03. The van der Waals surface area contributed by atoms with Crippen LogP contribution in [0.4, 0.5) is 10.1 Å². The normalized spacial score (nSPS) is 15.2. The fraction of sp³-hybridized carbons (Fsp3) is 0.556. The molecule has 1 saturated heterocycles. The molecule has 0 saturated carbocycles. The third-order valence-electron chi connectivity index (χ3n) is 4.03. The van der Waals surface area contributed by atoms with Crippen molar-refractivity contribution in [1.29, 1.82) is 0 Å². The van der Waals surface area contributed by atoms with Crippen molar-refractivity contribution in [2.45, 2.75) is 13.3 Å². The van der Waals surface area contributed by atoms with Crippen LogP contribution < -0.4 is 4.90 Å². The highest BCUT2D eigenvalue weighted by molar-refractivity contribution is 5.96. The molecular weight excluding hydrogens is 327 g/mol. The summed E-state index contributed by atoms with van der Waals surface area (Å²) in [4.78, 5) is 27.2. The molecule has 1 aromatic carbocycles. The molecule has 138 valence electrons. The van der Waals surface area contributed by atoms with Crippen LogP contribution in [0.25, 0.3) is 0 Å². The van der Waals surface area contributed by atoms with Gasteiger partial charge in [-0.15, -0.1) is 0 Å². The van der Waals surface area contributed by atoms with Gasteiger partial charge in [0.2, 0.25) is 0 Å². The Kier molecular flexibility index (Phi) is 7.81. The number of carbonyl (C=O) groups excluding carboxylic acids is 2. The van der Waals surface area contributed by atoms with Gasteiger partial charge in [-0.2, -0.15) is 0 Å². The van der Waals surface area contributed by atoms with Gasteiger partial charge in [-0.1, -0.05) is 0 Å². The molecule has 0 amide bonds. The molecule has 0 unspecified atom stereocenters. The van der Waals surface area contributed by atoms with E-state index in [1.807, 2.05) is 0 Å². The molecule has 1 aliphatic heterocycles. The molecule has 0 aliphatic carbocycles. The Morgan fingerprint density at radius 1 is 1.12 bits per heavy atom. The van der Waals surface area contributed by atoms with Crippen LogP contribution in [-0.4, -0.2) is 69.2 Å². The van der Waals surface area contributed by atoms with Gasteiger partial charge in [0, 0.05) is 38.4 Å². The van der Waals surface area contributed by atoms with Gasteiger partial charge in [0.25, 0.3) is 0 Å². The van der Waals surface area contributed by atoms with Gasteiger partial charge in [0.1, 0.15) is 18.8 Å². The summed E-state index contributed by atoms with van der Waals surface area (Å²) >= 11 is 0. The quantitative estimate of drug-likeness (QED) is 0.381. The number of piperazine rings is 1. The molecule has 2 rings (SSSR count). The third kappa shape index (κ3) is 6.80. The van der Waals surface area contributed by atoms with Crippen LogP contribution in [0.2, 0.25) is 0 Å². The molecule has 0 aromatic heterocycles. The highest BCUT2D eigenvalue weighted by Crippen LogP contribution is 2.16. The molecule has 1 aromatic rings. The minimum Gasteiger partial charge on any atom is -0.466 e. The van der Waals surface area contributed by atoms with Crippen molar-refractivity contribution in [3.63, 3.8) is 0 Å². The second-order valence-corrected chi connectivity index (χ2v) is 5.88. The Bertz CT molecular complexity index is 557. The summed E-state index contributed by atoms with van der Waals surface area (Å²) in [5.74, 6) is -0.996. The minimum absolute atomic E-state index is 0.0612. The summed E-state index contributed by atoms with van der Waals surface area (Å²) in [6.45, 7) is 6.62. The van der Waals surface area contributed by atoms with Crippen LogP contribution >= 0.6 is 0 Å². The van der Waals surface area contributed by atoms with Crippen LogP contribution in [0.3, 0.4) is 0 Å². The summed E-state index contributed by atoms with van der Waals surface area (Å²) in [5.41, 5.74) is 1.03. The number of nitrogens with zero attached hydrogens (tertiary/aromatic N) is 2. The van der Waals surface area contributed by atoms with E-state index in [9.17, 15) is 14.0 Å². The first-order valence-corrected chi connectivity index (χ1v) is 8.56. The number of hydrogen-bond donors (Lipinski definition) is 0. The number of hydrogen-bond acceptors (Lipinski definition) is 6. The SMILES string of the molecule is CCOC(=O)CC(=O)COCCN1CCN(c2ccc(F)cc2)CC1. The zero-order valence-electron chi connectivity index (χ0n) is 14.6. The Morgan fingerprint density at radius 2 is 1.80 bits per heavy atom. The molecule has 1 heterocycles. The Balaban J connectivity index is 1.58. The van der Waals surface area contributed by atoms with Gasteiger partial charge >= 0.3 is 5.97 Å². The van der Waals surface area contributed by atoms with Gasteiger partial charge in [-0.25, -0.2) is 4.39 Å². The van der Waals surface area contributed by atoms with Crippen molar-refractivity contribution in [3.8, 4) is 0 Å². The predicted octanol–water partition coefficient (Wildman–Crippen LogP) is 1.49. The van der Waals surface area contributed by atoms with Crippen molar-refractivity contribution in [1.82, 2.24) is 4.90 Å². The van der Waals surface area contributed by atoms with Crippen molar-refractivity contribution in [2.24, 2.45) is 0 Å². The molecule has 1 fully saturated rings. The summed E-state index contributed by atoms with van der Waals surface area (Å²) in [6, 6.07) is 6.54. The van der Waals surface area contributed by atoms with E-state index in [0.717, 1.165) is 38.4 Å². The van der Waals surface area contributed by atoms with Crippen molar-refractivity contribution >= 4 is 17.4 Å². The molecule has 0 atom stereocenters. The lowest BCUT2D eigenvalue weighted by atomic mass is 10.2. The summed E-state index contributed by atoms with van der Waals surface area (Å²) in [7, 11) is 0. The number of ketones is 1. The van der Waals surface area contributed by atoms with Crippen LogP contribution in [0.15, 0.2) is 24.3 Å². The average molecular weight is 352 g/mol. The zero-order valence-corrected chi connectivity index (χ0v) is 14.6. The maximum Gasteiger partial charge on any atom is 0.313 e. The van der Waals surface area contributed by atoms with Crippen molar-refractivity contribution < 1.29 is 23.5 Å². The molecular formula is C18H25FN2O4. The lowest BCUT2D eigenvalue weighted by Gasteiger charge is -2.36. The first-order valence-electron chi connectivity index (χ1n) is 8.56. The summed E-state index contributed by atoms with van der Waals surface area (Å²) in [5, 5.41) is 0. The molecule has 0 spiro atoms. The highest BCUT2D eigenvalue weighted by atomic mass is 19.1. The van der Waals surface area contributed by atoms with Gasteiger partial charge in [0.05, 0.1) is 13.2 Å². The maximum absolute atomic E-state index is 13.0. The maximum atomic E-state index is 13.0. The standard InChI is InChI=1S/C18H25FN2O4/c1-2-25-18(23)13-17(22)14-24-12-11-20-7-9-21(10-8-20)16-5-3-15(19)4-6-16/h3-6H,2,7-14H2,1H3. The van der Waals surface area contributed by atoms with E-state index < -0.39 is 5.97 Å². The monoisotopic (exact) mass is 352 g/mol. The minimum atomic E-state index is -0.506. The van der Waals surface area contributed by atoms with E-state index in [1.165, 1.54) is 12.1 Å². The molecule has 0 bridgehead atoms. The van der Waals surface area contributed by atoms with Gasteiger partial charge in [0.15, 0.2) is 5.78 Å². The van der Waals surface area contributed by atoms with Gasteiger partial charge < -0.3 is 14.4 Å². The van der Waals surface area contributed by atoms with Gasteiger partial charge in [-0.3, -0.25) is 14.5 Å².